The number of nitrogens with zero attached hydrogens (tertiary/aromatic N) is 3. The SMILES string of the molecule is COc1cc(Nc2nncc(Nc3ccccc3C)n2)c(OC)cc1Cl. The van der Waals surface area contributed by atoms with Crippen LogP contribution in [0.25, 0.3) is 0 Å². The van der Waals surface area contributed by atoms with E-state index in [1.165, 1.54) is 0 Å². The summed E-state index contributed by atoms with van der Waals surface area (Å²) in [5, 5.41) is 14.8. The fourth-order valence-corrected chi connectivity index (χ4v) is 2.58. The number of aromatic nitrogens is 3. The normalized spacial score (nSPS) is 10.3. The number of ether oxygens (including phenoxy) is 2. The van der Waals surface area contributed by atoms with Gasteiger partial charge in [0.15, 0.2) is 5.82 Å². The summed E-state index contributed by atoms with van der Waals surface area (Å²) in [6, 6.07) is 11.3. The quantitative estimate of drug-likeness (QED) is 0.667. The standard InChI is InChI=1S/C18H18ClN5O2/c1-11-6-4-5-7-13(11)21-17-10-20-24-18(23-17)22-14-9-15(25-2)12(19)8-16(14)26-3/h4-10H,1-3H3,(H2,21,22,23,24). The molecule has 0 amide bonds. The van der Waals surface area contributed by atoms with Gasteiger partial charge in [0.1, 0.15) is 11.5 Å². The highest BCUT2D eigenvalue weighted by Crippen LogP contribution is 2.36. The summed E-state index contributed by atoms with van der Waals surface area (Å²) < 4.78 is 10.6. The van der Waals surface area contributed by atoms with Gasteiger partial charge in [0.05, 0.1) is 31.1 Å². The van der Waals surface area contributed by atoms with Crippen molar-refractivity contribution in [2.75, 3.05) is 24.9 Å². The Kier molecular flexibility index (Phi) is 5.38. The van der Waals surface area contributed by atoms with Crippen molar-refractivity contribution in [3.8, 4) is 11.5 Å². The van der Waals surface area contributed by atoms with Gasteiger partial charge in [-0.25, -0.2) is 0 Å². The summed E-state index contributed by atoms with van der Waals surface area (Å²) in [7, 11) is 3.10. The second-order valence-corrected chi connectivity index (χ2v) is 5.82. The van der Waals surface area contributed by atoms with E-state index in [4.69, 9.17) is 21.1 Å². The van der Waals surface area contributed by atoms with Crippen LogP contribution in [0.15, 0.2) is 42.6 Å². The van der Waals surface area contributed by atoms with Gasteiger partial charge in [0.25, 0.3) is 0 Å². The fraction of sp³-hybridized carbons (Fsp3) is 0.167. The molecule has 3 rings (SSSR count). The smallest absolute Gasteiger partial charge is 0.249 e. The number of aryl methyl sites for hydroxylation is 1. The molecule has 1 aromatic heterocycles. The van der Waals surface area contributed by atoms with Gasteiger partial charge in [-0.05, 0) is 18.6 Å². The Morgan fingerprint density at radius 3 is 2.46 bits per heavy atom. The molecule has 8 heteroatoms. The van der Waals surface area contributed by atoms with Crippen LogP contribution in [0.4, 0.5) is 23.1 Å². The Morgan fingerprint density at radius 2 is 1.73 bits per heavy atom. The van der Waals surface area contributed by atoms with Crippen LogP contribution in [0.5, 0.6) is 11.5 Å². The average Bonchev–Trinajstić information content (AvgIpc) is 2.65. The van der Waals surface area contributed by atoms with Gasteiger partial charge in [-0.2, -0.15) is 10.1 Å². The fourth-order valence-electron chi connectivity index (χ4n) is 2.35. The Labute approximate surface area is 156 Å². The van der Waals surface area contributed by atoms with Crippen molar-refractivity contribution in [3.63, 3.8) is 0 Å². The van der Waals surface area contributed by atoms with E-state index in [-0.39, 0.29) is 0 Å². The Bertz CT molecular complexity index is 920. The van der Waals surface area contributed by atoms with E-state index in [0.717, 1.165) is 11.3 Å². The molecule has 0 fully saturated rings. The molecular formula is C18H18ClN5O2. The molecule has 0 unspecified atom stereocenters. The summed E-state index contributed by atoms with van der Waals surface area (Å²) in [6.45, 7) is 2.01. The molecule has 0 aliphatic heterocycles. The van der Waals surface area contributed by atoms with Crippen LogP contribution >= 0.6 is 11.6 Å². The molecule has 0 bridgehead atoms. The predicted molar refractivity (Wildman–Crippen MR) is 102 cm³/mol. The highest BCUT2D eigenvalue weighted by Gasteiger charge is 2.12. The zero-order valence-corrected chi connectivity index (χ0v) is 15.3. The van der Waals surface area contributed by atoms with Crippen molar-refractivity contribution < 1.29 is 9.47 Å². The van der Waals surface area contributed by atoms with Crippen LogP contribution in [-0.4, -0.2) is 29.4 Å². The van der Waals surface area contributed by atoms with E-state index >= 15 is 0 Å². The highest BCUT2D eigenvalue weighted by molar-refractivity contribution is 6.32. The lowest BCUT2D eigenvalue weighted by atomic mass is 10.2. The van der Waals surface area contributed by atoms with Crippen LogP contribution in [-0.2, 0) is 0 Å². The molecule has 26 heavy (non-hydrogen) atoms. The summed E-state index contributed by atoms with van der Waals surface area (Å²) in [6.07, 6.45) is 1.55. The van der Waals surface area contributed by atoms with E-state index in [9.17, 15) is 0 Å². The second-order valence-electron chi connectivity index (χ2n) is 5.42. The molecule has 0 radical (unpaired) electrons. The number of hydrogen-bond acceptors (Lipinski definition) is 7. The lowest BCUT2D eigenvalue weighted by molar-refractivity contribution is 0.405. The number of para-hydroxylation sites is 1. The van der Waals surface area contributed by atoms with Gasteiger partial charge in [-0.1, -0.05) is 29.8 Å². The summed E-state index contributed by atoms with van der Waals surface area (Å²) in [4.78, 5) is 4.43. The van der Waals surface area contributed by atoms with Gasteiger partial charge in [0.2, 0.25) is 5.95 Å². The third kappa shape index (κ3) is 3.94. The lowest BCUT2D eigenvalue weighted by Crippen LogP contribution is -2.04. The summed E-state index contributed by atoms with van der Waals surface area (Å²) >= 11 is 6.13. The summed E-state index contributed by atoms with van der Waals surface area (Å²) in [5.41, 5.74) is 2.66. The molecule has 0 saturated carbocycles. The maximum Gasteiger partial charge on any atom is 0.249 e. The minimum atomic E-state index is 0.311. The molecular weight excluding hydrogens is 354 g/mol. The molecule has 0 aliphatic carbocycles. The zero-order valence-electron chi connectivity index (χ0n) is 14.6. The third-order valence-corrected chi connectivity index (χ3v) is 3.98. The molecule has 0 spiro atoms. The minimum Gasteiger partial charge on any atom is -0.495 e. The molecule has 1 heterocycles. The van der Waals surface area contributed by atoms with Crippen molar-refractivity contribution >= 4 is 34.7 Å². The number of halogens is 1. The number of benzene rings is 2. The van der Waals surface area contributed by atoms with Crippen LogP contribution in [0.2, 0.25) is 5.02 Å². The topological polar surface area (TPSA) is 81.2 Å². The molecule has 3 aromatic rings. The number of nitrogens with one attached hydrogen (secondary N) is 2. The van der Waals surface area contributed by atoms with E-state index in [0.29, 0.717) is 34.0 Å². The van der Waals surface area contributed by atoms with Crippen LogP contribution in [0.1, 0.15) is 5.56 Å². The molecule has 0 atom stereocenters. The first-order valence-corrected chi connectivity index (χ1v) is 8.19. The number of methoxy groups -OCH3 is 2. The van der Waals surface area contributed by atoms with Crippen molar-refractivity contribution in [1.29, 1.82) is 0 Å². The number of hydrogen-bond donors (Lipinski definition) is 2. The predicted octanol–water partition coefficient (Wildman–Crippen LogP) is 4.34. The maximum atomic E-state index is 6.13. The van der Waals surface area contributed by atoms with Crippen LogP contribution in [0.3, 0.4) is 0 Å². The molecule has 2 N–H and O–H groups in total. The average molecular weight is 372 g/mol. The monoisotopic (exact) mass is 371 g/mol. The van der Waals surface area contributed by atoms with Crippen molar-refractivity contribution in [3.05, 3.63) is 53.2 Å². The Balaban J connectivity index is 1.86. The lowest BCUT2D eigenvalue weighted by Gasteiger charge is -2.13. The van der Waals surface area contributed by atoms with Crippen molar-refractivity contribution in [1.82, 2.24) is 15.2 Å². The number of anilines is 4. The van der Waals surface area contributed by atoms with Gasteiger partial charge in [-0.3, -0.25) is 0 Å². The van der Waals surface area contributed by atoms with Gasteiger partial charge >= 0.3 is 0 Å². The Hall–Kier alpha value is -3.06. The zero-order chi connectivity index (χ0) is 18.5. The minimum absolute atomic E-state index is 0.311. The highest BCUT2D eigenvalue weighted by atomic mass is 35.5. The van der Waals surface area contributed by atoms with Crippen LogP contribution < -0.4 is 20.1 Å². The van der Waals surface area contributed by atoms with E-state index in [1.807, 2.05) is 31.2 Å². The van der Waals surface area contributed by atoms with E-state index in [1.54, 1.807) is 32.5 Å². The van der Waals surface area contributed by atoms with Crippen LogP contribution in [0, 0.1) is 6.92 Å². The van der Waals surface area contributed by atoms with Crippen molar-refractivity contribution in [2.24, 2.45) is 0 Å². The Morgan fingerprint density at radius 1 is 0.962 bits per heavy atom. The molecule has 2 aromatic carbocycles. The molecule has 7 nitrogen and oxygen atoms in total. The summed E-state index contributed by atoms with van der Waals surface area (Å²) in [5.74, 6) is 1.93. The second kappa shape index (κ2) is 7.88. The first-order chi connectivity index (χ1) is 12.6. The molecule has 0 saturated heterocycles. The van der Waals surface area contributed by atoms with E-state index in [2.05, 4.69) is 25.8 Å². The molecule has 134 valence electrons. The van der Waals surface area contributed by atoms with E-state index < -0.39 is 0 Å². The van der Waals surface area contributed by atoms with Gasteiger partial charge in [0, 0.05) is 17.8 Å². The first kappa shape index (κ1) is 17.8. The molecule has 0 aliphatic rings. The van der Waals surface area contributed by atoms with Gasteiger partial charge < -0.3 is 20.1 Å². The third-order valence-electron chi connectivity index (χ3n) is 3.69. The van der Waals surface area contributed by atoms with Crippen molar-refractivity contribution in [2.45, 2.75) is 6.92 Å². The first-order valence-electron chi connectivity index (χ1n) is 7.81. The number of rotatable bonds is 6. The largest absolute Gasteiger partial charge is 0.495 e. The maximum absolute atomic E-state index is 6.13. The van der Waals surface area contributed by atoms with Gasteiger partial charge in [-0.15, -0.1) is 5.10 Å².